The van der Waals surface area contributed by atoms with E-state index in [2.05, 4.69) is 19.1 Å². The summed E-state index contributed by atoms with van der Waals surface area (Å²) in [5.41, 5.74) is 0. The minimum absolute atomic E-state index is 0.0212. The summed E-state index contributed by atoms with van der Waals surface area (Å²) in [6.45, 7) is 3.26. The Kier molecular flexibility index (Phi) is 42.4. The average Bonchev–Trinajstić information content (AvgIpc) is 3.08. The van der Waals surface area contributed by atoms with Crippen LogP contribution in [0.15, 0.2) is 12.2 Å². The van der Waals surface area contributed by atoms with E-state index in [1.54, 1.807) is 0 Å². The number of esters is 1. The molecule has 0 fully saturated rings. The maximum absolute atomic E-state index is 12.0. The molecule has 3 nitrogen and oxygen atoms in total. The predicted molar refractivity (Wildman–Crippen MR) is 208 cm³/mol. The minimum atomic E-state index is 0.0212. The lowest BCUT2D eigenvalue weighted by Crippen LogP contribution is -2.05. The van der Waals surface area contributed by atoms with Crippen LogP contribution in [-0.2, 0) is 9.53 Å². The number of rotatable bonds is 41. The molecule has 0 aromatic heterocycles. The smallest absolute Gasteiger partial charge is 0.305 e. The number of carbonyl (C=O) groups is 1. The van der Waals surface area contributed by atoms with Crippen molar-refractivity contribution in [3.63, 3.8) is 0 Å². The topological polar surface area (TPSA) is 46.5 Å². The summed E-state index contributed by atoms with van der Waals surface area (Å²) in [6, 6.07) is 0. The molecule has 0 atom stereocenters. The maximum Gasteiger partial charge on any atom is 0.305 e. The van der Waals surface area contributed by atoms with Gasteiger partial charge in [0.25, 0.3) is 0 Å². The van der Waals surface area contributed by atoms with Crippen LogP contribution in [-0.4, -0.2) is 24.3 Å². The third-order valence-electron chi connectivity index (χ3n) is 9.96. The molecular formula is C44H86O3. The molecule has 0 rings (SSSR count). The normalized spacial score (nSPS) is 11.6. The Labute approximate surface area is 296 Å². The Morgan fingerprint density at radius 2 is 0.702 bits per heavy atom. The Bertz CT molecular complexity index is 601. The SMILES string of the molecule is CCCCCCC=CCCCCCCCCCCCC(=O)OCCCCCCCCCCCCCCCCCCCCCCCCO. The fraction of sp³-hybridized carbons (Fsp3) is 0.932. The van der Waals surface area contributed by atoms with Gasteiger partial charge in [0.15, 0.2) is 0 Å². The molecule has 0 unspecified atom stereocenters. The highest BCUT2D eigenvalue weighted by Gasteiger charge is 2.03. The summed E-state index contributed by atoms with van der Waals surface area (Å²) in [5, 5.41) is 8.80. The van der Waals surface area contributed by atoms with Crippen molar-refractivity contribution in [1.29, 1.82) is 0 Å². The summed E-state index contributed by atoms with van der Waals surface area (Å²) in [6.07, 6.45) is 54.6. The molecule has 47 heavy (non-hydrogen) atoms. The second kappa shape index (κ2) is 43.2. The van der Waals surface area contributed by atoms with Gasteiger partial charge >= 0.3 is 5.97 Å². The number of hydrogen-bond acceptors (Lipinski definition) is 3. The van der Waals surface area contributed by atoms with Crippen LogP contribution >= 0.6 is 0 Å². The molecule has 0 saturated heterocycles. The molecule has 0 amide bonds. The van der Waals surface area contributed by atoms with Gasteiger partial charge in [-0.05, 0) is 44.9 Å². The standard InChI is InChI=1S/C44H86O3/c1-2-3-4-5-6-7-8-9-10-17-20-23-26-29-32-35-38-41-44(46)47-43-40-37-34-31-28-25-22-19-16-14-12-11-13-15-18-21-24-27-30-33-36-39-42-45/h7-8,45H,2-6,9-43H2,1H3. The molecule has 0 aliphatic rings. The first kappa shape index (κ1) is 46.2. The van der Waals surface area contributed by atoms with Crippen LogP contribution in [0.2, 0.25) is 0 Å². The highest BCUT2D eigenvalue weighted by molar-refractivity contribution is 5.69. The number of allylic oxidation sites excluding steroid dienone is 2. The molecule has 0 aliphatic heterocycles. The Balaban J connectivity index is 3.16. The largest absolute Gasteiger partial charge is 0.466 e. The van der Waals surface area contributed by atoms with E-state index in [0.29, 0.717) is 19.6 Å². The molecule has 0 radical (unpaired) electrons. The van der Waals surface area contributed by atoms with E-state index >= 15 is 0 Å². The van der Waals surface area contributed by atoms with E-state index in [9.17, 15) is 4.79 Å². The van der Waals surface area contributed by atoms with E-state index in [1.807, 2.05) is 0 Å². The zero-order valence-electron chi connectivity index (χ0n) is 32.2. The van der Waals surface area contributed by atoms with Crippen LogP contribution in [0.5, 0.6) is 0 Å². The second-order valence-corrected chi connectivity index (χ2v) is 14.8. The molecule has 0 aromatic rings. The molecule has 0 bridgehead atoms. The summed E-state index contributed by atoms with van der Waals surface area (Å²) in [7, 11) is 0. The quantitative estimate of drug-likeness (QED) is 0.0402. The Morgan fingerprint density at radius 3 is 1.06 bits per heavy atom. The summed E-state index contributed by atoms with van der Waals surface area (Å²) < 4.78 is 5.47. The molecule has 0 heterocycles. The molecule has 3 heteroatoms. The van der Waals surface area contributed by atoms with Gasteiger partial charge in [0, 0.05) is 13.0 Å². The predicted octanol–water partition coefficient (Wildman–Crippen LogP) is 14.9. The van der Waals surface area contributed by atoms with E-state index in [4.69, 9.17) is 9.84 Å². The van der Waals surface area contributed by atoms with Crippen LogP contribution in [0.3, 0.4) is 0 Å². The molecule has 0 aromatic carbocycles. The first-order valence-corrected chi connectivity index (χ1v) is 21.7. The van der Waals surface area contributed by atoms with Gasteiger partial charge in [0.1, 0.15) is 0 Å². The number of aliphatic hydroxyl groups excluding tert-OH is 1. The fourth-order valence-electron chi connectivity index (χ4n) is 6.70. The van der Waals surface area contributed by atoms with Gasteiger partial charge in [0.2, 0.25) is 0 Å². The number of ether oxygens (including phenoxy) is 1. The number of hydrogen-bond donors (Lipinski definition) is 1. The number of unbranched alkanes of at least 4 members (excludes halogenated alkanes) is 34. The summed E-state index contributed by atoms with van der Waals surface area (Å²) in [4.78, 5) is 12.0. The molecule has 280 valence electrons. The van der Waals surface area contributed by atoms with Gasteiger partial charge in [-0.25, -0.2) is 0 Å². The van der Waals surface area contributed by atoms with Crippen molar-refractivity contribution in [3.8, 4) is 0 Å². The van der Waals surface area contributed by atoms with Crippen molar-refractivity contribution < 1.29 is 14.6 Å². The lowest BCUT2D eigenvalue weighted by atomic mass is 10.0. The first-order valence-electron chi connectivity index (χ1n) is 21.7. The van der Waals surface area contributed by atoms with E-state index < -0.39 is 0 Å². The highest BCUT2D eigenvalue weighted by Crippen LogP contribution is 2.16. The molecule has 1 N–H and O–H groups in total. The van der Waals surface area contributed by atoms with Crippen molar-refractivity contribution in [2.24, 2.45) is 0 Å². The van der Waals surface area contributed by atoms with Crippen molar-refractivity contribution in [1.82, 2.24) is 0 Å². The lowest BCUT2D eigenvalue weighted by molar-refractivity contribution is -0.143. The van der Waals surface area contributed by atoms with Gasteiger partial charge in [0.05, 0.1) is 6.61 Å². The van der Waals surface area contributed by atoms with E-state index in [1.165, 1.54) is 218 Å². The Morgan fingerprint density at radius 1 is 0.404 bits per heavy atom. The van der Waals surface area contributed by atoms with Gasteiger partial charge in [-0.3, -0.25) is 4.79 Å². The maximum atomic E-state index is 12.0. The van der Waals surface area contributed by atoms with Gasteiger partial charge in [-0.2, -0.15) is 0 Å². The third-order valence-corrected chi connectivity index (χ3v) is 9.96. The first-order chi connectivity index (χ1) is 23.3. The summed E-state index contributed by atoms with van der Waals surface area (Å²) in [5.74, 6) is 0.0212. The van der Waals surface area contributed by atoms with Crippen LogP contribution in [0.1, 0.15) is 251 Å². The van der Waals surface area contributed by atoms with Crippen LogP contribution in [0, 0.1) is 0 Å². The van der Waals surface area contributed by atoms with Gasteiger partial charge < -0.3 is 9.84 Å². The third kappa shape index (κ3) is 43.1. The Hall–Kier alpha value is -0.830. The zero-order valence-corrected chi connectivity index (χ0v) is 32.2. The van der Waals surface area contributed by atoms with E-state index in [-0.39, 0.29) is 5.97 Å². The van der Waals surface area contributed by atoms with E-state index in [0.717, 1.165) is 19.3 Å². The number of aliphatic hydroxyl groups is 1. The van der Waals surface area contributed by atoms with Crippen LogP contribution in [0.25, 0.3) is 0 Å². The molecule has 0 aliphatic carbocycles. The fourth-order valence-corrected chi connectivity index (χ4v) is 6.70. The molecular weight excluding hydrogens is 576 g/mol. The van der Waals surface area contributed by atoms with Gasteiger partial charge in [-0.1, -0.05) is 212 Å². The number of carbonyl (C=O) groups excluding carboxylic acids is 1. The van der Waals surface area contributed by atoms with Crippen molar-refractivity contribution in [2.75, 3.05) is 13.2 Å². The summed E-state index contributed by atoms with van der Waals surface area (Å²) >= 11 is 0. The minimum Gasteiger partial charge on any atom is -0.466 e. The average molecular weight is 663 g/mol. The van der Waals surface area contributed by atoms with Crippen LogP contribution < -0.4 is 0 Å². The van der Waals surface area contributed by atoms with Crippen molar-refractivity contribution in [3.05, 3.63) is 12.2 Å². The van der Waals surface area contributed by atoms with Crippen LogP contribution in [0.4, 0.5) is 0 Å². The van der Waals surface area contributed by atoms with Crippen molar-refractivity contribution >= 4 is 5.97 Å². The zero-order chi connectivity index (χ0) is 34.0. The van der Waals surface area contributed by atoms with Crippen molar-refractivity contribution in [2.45, 2.75) is 251 Å². The highest BCUT2D eigenvalue weighted by atomic mass is 16.5. The second-order valence-electron chi connectivity index (χ2n) is 14.8. The molecule has 0 spiro atoms. The lowest BCUT2D eigenvalue weighted by Gasteiger charge is -2.06. The molecule has 0 saturated carbocycles. The van der Waals surface area contributed by atoms with Gasteiger partial charge in [-0.15, -0.1) is 0 Å². The monoisotopic (exact) mass is 663 g/mol.